The van der Waals surface area contributed by atoms with Crippen LogP contribution in [0.5, 0.6) is 0 Å². The summed E-state index contributed by atoms with van der Waals surface area (Å²) in [7, 11) is 3.82. The first-order chi connectivity index (χ1) is 6.36. The second-order valence-corrected chi connectivity index (χ2v) is 5.39. The highest BCUT2D eigenvalue weighted by atomic mass is 33.1. The van der Waals surface area contributed by atoms with Crippen LogP contribution in [0.15, 0.2) is 29.2 Å². The molecule has 0 fully saturated rings. The minimum absolute atomic E-state index is 1.13. The maximum absolute atomic E-state index is 2.22. The second-order valence-electron chi connectivity index (χ2n) is 2.90. The Labute approximate surface area is 88.9 Å². The summed E-state index contributed by atoms with van der Waals surface area (Å²) in [5, 5.41) is 0. The largest absolute Gasteiger partial charge is 0.0890 e. The van der Waals surface area contributed by atoms with Gasteiger partial charge in [0.05, 0.1) is 0 Å². The Morgan fingerprint density at radius 3 is 2.31 bits per heavy atom. The van der Waals surface area contributed by atoms with Crippen molar-refractivity contribution in [3.8, 4) is 0 Å². The van der Waals surface area contributed by atoms with Gasteiger partial charge < -0.3 is 0 Å². The molecule has 1 aromatic carbocycles. The molecule has 0 aliphatic carbocycles. The molecular weight excluding hydrogens is 196 g/mol. The monoisotopic (exact) mass is 212 g/mol. The van der Waals surface area contributed by atoms with E-state index in [2.05, 4.69) is 38.1 Å². The molecule has 0 atom stereocenters. The summed E-state index contributed by atoms with van der Waals surface area (Å²) in [6.45, 7) is 4.40. The Bertz CT molecular complexity index is 228. The summed E-state index contributed by atoms with van der Waals surface area (Å²) >= 11 is 0. The Balaban J connectivity index is 2.40. The van der Waals surface area contributed by atoms with Crippen molar-refractivity contribution in [2.75, 3.05) is 5.75 Å². The predicted molar refractivity (Wildman–Crippen MR) is 64.4 cm³/mol. The fraction of sp³-hybridized carbons (Fsp3) is 0.455. The third-order valence-electron chi connectivity index (χ3n) is 1.77. The third kappa shape index (κ3) is 4.10. The number of benzene rings is 1. The van der Waals surface area contributed by atoms with E-state index in [1.165, 1.54) is 22.6 Å². The molecule has 0 saturated heterocycles. The van der Waals surface area contributed by atoms with Gasteiger partial charge in [-0.2, -0.15) is 0 Å². The molecular formula is C11H16S2. The van der Waals surface area contributed by atoms with Gasteiger partial charge in [-0.15, -0.1) is 0 Å². The molecule has 0 spiro atoms. The fourth-order valence-corrected chi connectivity index (χ4v) is 3.10. The van der Waals surface area contributed by atoms with Crippen LogP contribution in [0.3, 0.4) is 0 Å². The SMILES string of the molecule is CCCSSc1ccc(CC)cc1. The van der Waals surface area contributed by atoms with Crippen molar-refractivity contribution in [2.45, 2.75) is 31.6 Å². The van der Waals surface area contributed by atoms with E-state index in [4.69, 9.17) is 0 Å². The van der Waals surface area contributed by atoms with Crippen LogP contribution in [0.1, 0.15) is 25.8 Å². The molecule has 0 bridgehead atoms. The van der Waals surface area contributed by atoms with Crippen molar-refractivity contribution < 1.29 is 0 Å². The van der Waals surface area contributed by atoms with E-state index in [9.17, 15) is 0 Å². The van der Waals surface area contributed by atoms with Crippen molar-refractivity contribution in [2.24, 2.45) is 0 Å². The van der Waals surface area contributed by atoms with Crippen LogP contribution in [0.2, 0.25) is 0 Å². The number of hydrogen-bond acceptors (Lipinski definition) is 2. The molecule has 0 saturated carbocycles. The van der Waals surface area contributed by atoms with Crippen molar-refractivity contribution >= 4 is 21.6 Å². The van der Waals surface area contributed by atoms with E-state index in [1.54, 1.807) is 0 Å². The lowest BCUT2D eigenvalue weighted by Crippen LogP contribution is -1.78. The van der Waals surface area contributed by atoms with E-state index < -0.39 is 0 Å². The van der Waals surface area contributed by atoms with Crippen LogP contribution in [0.25, 0.3) is 0 Å². The Kier molecular flexibility index (Phi) is 5.40. The van der Waals surface area contributed by atoms with Gasteiger partial charge in [0.2, 0.25) is 0 Å². The smallest absolute Gasteiger partial charge is 0.0182 e. The van der Waals surface area contributed by atoms with Gasteiger partial charge in [-0.05, 0) is 30.5 Å². The van der Waals surface area contributed by atoms with Crippen LogP contribution in [0.4, 0.5) is 0 Å². The Hall–Kier alpha value is -0.0800. The quantitative estimate of drug-likeness (QED) is 0.524. The first kappa shape index (κ1) is 11.0. The Morgan fingerprint density at radius 2 is 1.77 bits per heavy atom. The van der Waals surface area contributed by atoms with E-state index in [-0.39, 0.29) is 0 Å². The number of hydrogen-bond donors (Lipinski definition) is 0. The van der Waals surface area contributed by atoms with Crippen molar-refractivity contribution in [1.82, 2.24) is 0 Å². The highest BCUT2D eigenvalue weighted by molar-refractivity contribution is 8.76. The summed E-state index contributed by atoms with van der Waals surface area (Å²) in [6.07, 6.45) is 2.39. The second kappa shape index (κ2) is 6.39. The fourth-order valence-electron chi connectivity index (χ4n) is 0.974. The van der Waals surface area contributed by atoms with Crippen LogP contribution in [-0.4, -0.2) is 5.75 Å². The minimum Gasteiger partial charge on any atom is -0.0890 e. The Morgan fingerprint density at radius 1 is 1.08 bits per heavy atom. The molecule has 0 N–H and O–H groups in total. The molecule has 1 rings (SSSR count). The van der Waals surface area contributed by atoms with Gasteiger partial charge in [0.25, 0.3) is 0 Å². The lowest BCUT2D eigenvalue weighted by atomic mass is 10.2. The molecule has 0 radical (unpaired) electrons. The average Bonchev–Trinajstić information content (AvgIpc) is 2.19. The van der Waals surface area contributed by atoms with Crippen LogP contribution in [-0.2, 0) is 6.42 Å². The number of rotatable bonds is 5. The van der Waals surface area contributed by atoms with Gasteiger partial charge >= 0.3 is 0 Å². The topological polar surface area (TPSA) is 0 Å². The van der Waals surface area contributed by atoms with E-state index in [0.717, 1.165) is 6.42 Å². The van der Waals surface area contributed by atoms with E-state index in [1.807, 2.05) is 21.6 Å². The zero-order valence-electron chi connectivity index (χ0n) is 8.25. The van der Waals surface area contributed by atoms with Gasteiger partial charge in [-0.1, -0.05) is 47.6 Å². The zero-order valence-corrected chi connectivity index (χ0v) is 9.88. The molecule has 0 aromatic heterocycles. The normalized spacial score (nSPS) is 10.3. The predicted octanol–water partition coefficient (Wildman–Crippen LogP) is 4.40. The van der Waals surface area contributed by atoms with E-state index >= 15 is 0 Å². The first-order valence-electron chi connectivity index (χ1n) is 4.75. The van der Waals surface area contributed by atoms with Crippen LogP contribution in [0, 0.1) is 0 Å². The molecule has 0 heterocycles. The molecule has 0 unspecified atom stereocenters. The lowest BCUT2D eigenvalue weighted by Gasteiger charge is -2.00. The van der Waals surface area contributed by atoms with Crippen LogP contribution >= 0.6 is 21.6 Å². The van der Waals surface area contributed by atoms with E-state index in [0.29, 0.717) is 0 Å². The van der Waals surface area contributed by atoms with Gasteiger partial charge in [-0.25, -0.2) is 0 Å². The standard InChI is InChI=1S/C11H16S2/c1-3-9-12-13-11-7-5-10(4-2)6-8-11/h5-8H,3-4,9H2,1-2H3. The summed E-state index contributed by atoms with van der Waals surface area (Å²) in [4.78, 5) is 1.37. The summed E-state index contributed by atoms with van der Waals surface area (Å²) < 4.78 is 0. The lowest BCUT2D eigenvalue weighted by molar-refractivity contribution is 1.11. The molecule has 72 valence electrons. The number of aryl methyl sites for hydroxylation is 1. The molecule has 2 heteroatoms. The average molecular weight is 212 g/mol. The first-order valence-corrected chi connectivity index (χ1v) is 7.07. The van der Waals surface area contributed by atoms with Gasteiger partial charge in [0.15, 0.2) is 0 Å². The molecule has 1 aromatic rings. The molecule has 13 heavy (non-hydrogen) atoms. The zero-order chi connectivity index (χ0) is 9.52. The van der Waals surface area contributed by atoms with Crippen molar-refractivity contribution in [1.29, 1.82) is 0 Å². The van der Waals surface area contributed by atoms with Gasteiger partial charge in [0, 0.05) is 10.6 Å². The molecule has 0 aliphatic rings. The van der Waals surface area contributed by atoms with Crippen molar-refractivity contribution in [3.63, 3.8) is 0 Å². The van der Waals surface area contributed by atoms with Crippen molar-refractivity contribution in [3.05, 3.63) is 29.8 Å². The van der Waals surface area contributed by atoms with Crippen LogP contribution < -0.4 is 0 Å². The third-order valence-corrected chi connectivity index (χ3v) is 4.36. The highest BCUT2D eigenvalue weighted by Crippen LogP contribution is 2.31. The molecule has 0 amide bonds. The highest BCUT2D eigenvalue weighted by Gasteiger charge is 1.94. The maximum atomic E-state index is 2.22. The summed E-state index contributed by atoms with van der Waals surface area (Å²) in [6, 6.07) is 8.86. The molecule has 0 nitrogen and oxygen atoms in total. The summed E-state index contributed by atoms with van der Waals surface area (Å²) in [5.74, 6) is 1.24. The molecule has 0 aliphatic heterocycles. The summed E-state index contributed by atoms with van der Waals surface area (Å²) in [5.41, 5.74) is 1.42. The maximum Gasteiger partial charge on any atom is 0.0182 e. The van der Waals surface area contributed by atoms with Gasteiger partial charge in [0.1, 0.15) is 0 Å². The minimum atomic E-state index is 1.13. The van der Waals surface area contributed by atoms with Gasteiger partial charge in [-0.3, -0.25) is 0 Å².